The Bertz CT molecular complexity index is 257. The fourth-order valence-corrected chi connectivity index (χ4v) is 2.69. The molecule has 0 aromatic heterocycles. The summed E-state index contributed by atoms with van der Waals surface area (Å²) >= 11 is 0. The van der Waals surface area contributed by atoms with E-state index in [0.717, 1.165) is 19.5 Å². The van der Waals surface area contributed by atoms with Crippen molar-refractivity contribution in [3.05, 3.63) is 0 Å². The summed E-state index contributed by atoms with van der Waals surface area (Å²) in [6.45, 7) is 5.98. The van der Waals surface area contributed by atoms with E-state index in [0.29, 0.717) is 18.4 Å². The van der Waals surface area contributed by atoms with E-state index in [9.17, 15) is 0 Å². The first-order valence-electron chi connectivity index (χ1n) is 7.06. The van der Waals surface area contributed by atoms with Gasteiger partial charge in [-0.1, -0.05) is 18.5 Å². The number of amidine groups is 1. The Kier molecular flexibility index (Phi) is 7.05. The molecule has 0 radical (unpaired) electrons. The fraction of sp³-hybridized carbons (Fsp3) is 0.923. The maximum absolute atomic E-state index is 8.64. The van der Waals surface area contributed by atoms with Crippen LogP contribution in [0.2, 0.25) is 0 Å². The minimum Gasteiger partial charge on any atom is -0.409 e. The van der Waals surface area contributed by atoms with Gasteiger partial charge in [0.25, 0.3) is 0 Å². The molecule has 1 heterocycles. The Balaban J connectivity index is 2.35. The highest BCUT2D eigenvalue weighted by atomic mass is 16.4. The van der Waals surface area contributed by atoms with Gasteiger partial charge in [0, 0.05) is 12.6 Å². The highest BCUT2D eigenvalue weighted by molar-refractivity contribution is 5.81. The van der Waals surface area contributed by atoms with Crippen molar-refractivity contribution in [2.45, 2.75) is 45.1 Å². The minimum absolute atomic E-state index is 0.306. The third-order valence-electron chi connectivity index (χ3n) is 3.75. The van der Waals surface area contributed by atoms with E-state index < -0.39 is 0 Å². The van der Waals surface area contributed by atoms with Gasteiger partial charge >= 0.3 is 0 Å². The summed E-state index contributed by atoms with van der Waals surface area (Å²) in [7, 11) is 2.22. The lowest BCUT2D eigenvalue weighted by molar-refractivity contribution is 0.157. The molecule has 1 unspecified atom stereocenters. The van der Waals surface area contributed by atoms with Crippen LogP contribution >= 0.6 is 0 Å². The molecule has 18 heavy (non-hydrogen) atoms. The van der Waals surface area contributed by atoms with Crippen LogP contribution in [0.15, 0.2) is 5.16 Å². The predicted molar refractivity (Wildman–Crippen MR) is 75.0 cm³/mol. The zero-order chi connectivity index (χ0) is 13.4. The number of rotatable bonds is 7. The van der Waals surface area contributed by atoms with Gasteiger partial charge in [-0.15, -0.1) is 0 Å². The number of piperidine rings is 1. The van der Waals surface area contributed by atoms with Crippen LogP contribution in [0.25, 0.3) is 0 Å². The molecule has 1 atom stereocenters. The molecular weight excluding hydrogens is 228 g/mol. The molecule has 1 saturated heterocycles. The van der Waals surface area contributed by atoms with Gasteiger partial charge in [0.2, 0.25) is 0 Å². The Hall–Kier alpha value is -0.810. The van der Waals surface area contributed by atoms with Crippen molar-refractivity contribution in [3.8, 4) is 0 Å². The van der Waals surface area contributed by atoms with Gasteiger partial charge in [0.1, 0.15) is 0 Å². The minimum atomic E-state index is 0.306. The molecule has 0 aromatic rings. The molecule has 106 valence electrons. The van der Waals surface area contributed by atoms with Gasteiger partial charge in [-0.3, -0.25) is 4.90 Å². The largest absolute Gasteiger partial charge is 0.409 e. The molecule has 0 amide bonds. The van der Waals surface area contributed by atoms with Gasteiger partial charge in [0.15, 0.2) is 5.84 Å². The smallest absolute Gasteiger partial charge is 0.153 e. The van der Waals surface area contributed by atoms with Crippen molar-refractivity contribution in [2.75, 3.05) is 33.2 Å². The summed E-state index contributed by atoms with van der Waals surface area (Å²) in [5.74, 6) is 0.306. The number of nitrogens with zero attached hydrogens (tertiary/aromatic N) is 3. The summed E-state index contributed by atoms with van der Waals surface area (Å²) in [5, 5.41) is 11.7. The zero-order valence-corrected chi connectivity index (χ0v) is 11.8. The number of hydrogen-bond donors (Lipinski definition) is 2. The Labute approximate surface area is 111 Å². The van der Waals surface area contributed by atoms with E-state index in [1.54, 1.807) is 0 Å². The maximum atomic E-state index is 8.64. The summed E-state index contributed by atoms with van der Waals surface area (Å²) in [4.78, 5) is 4.74. The van der Waals surface area contributed by atoms with E-state index in [-0.39, 0.29) is 0 Å². The van der Waals surface area contributed by atoms with Crippen LogP contribution in [0.5, 0.6) is 0 Å². The molecule has 3 N–H and O–H groups in total. The van der Waals surface area contributed by atoms with Crippen molar-refractivity contribution >= 4 is 5.84 Å². The monoisotopic (exact) mass is 256 g/mol. The van der Waals surface area contributed by atoms with Gasteiger partial charge in [0.05, 0.1) is 6.54 Å². The van der Waals surface area contributed by atoms with Crippen LogP contribution in [-0.4, -0.2) is 60.1 Å². The number of oxime groups is 1. The number of nitrogens with two attached hydrogens (primary N) is 1. The first-order valence-corrected chi connectivity index (χ1v) is 7.06. The Morgan fingerprint density at radius 3 is 2.83 bits per heavy atom. The molecule has 0 aromatic carbocycles. The quantitative estimate of drug-likeness (QED) is 0.312. The average molecular weight is 256 g/mol. The second-order valence-corrected chi connectivity index (χ2v) is 5.29. The molecule has 0 saturated carbocycles. The summed E-state index contributed by atoms with van der Waals surface area (Å²) < 4.78 is 0. The van der Waals surface area contributed by atoms with E-state index in [2.05, 4.69) is 28.9 Å². The van der Waals surface area contributed by atoms with Gasteiger partial charge in [-0.05, 0) is 45.8 Å². The van der Waals surface area contributed by atoms with Crippen molar-refractivity contribution < 1.29 is 5.21 Å². The number of likely N-dealkylation sites (tertiary alicyclic amines) is 1. The van der Waals surface area contributed by atoms with E-state index in [4.69, 9.17) is 10.9 Å². The van der Waals surface area contributed by atoms with Crippen LogP contribution in [0.1, 0.15) is 39.0 Å². The Morgan fingerprint density at radius 1 is 1.44 bits per heavy atom. The molecule has 0 aliphatic carbocycles. The van der Waals surface area contributed by atoms with Crippen molar-refractivity contribution in [1.82, 2.24) is 9.80 Å². The van der Waals surface area contributed by atoms with Crippen LogP contribution < -0.4 is 5.73 Å². The second-order valence-electron chi connectivity index (χ2n) is 5.29. The van der Waals surface area contributed by atoms with Crippen LogP contribution in [0.4, 0.5) is 0 Å². The molecule has 0 spiro atoms. The number of hydrogen-bond acceptors (Lipinski definition) is 4. The fourth-order valence-electron chi connectivity index (χ4n) is 2.69. The summed E-state index contributed by atoms with van der Waals surface area (Å²) in [6, 6.07) is 0.699. The van der Waals surface area contributed by atoms with Crippen molar-refractivity contribution in [1.29, 1.82) is 0 Å². The van der Waals surface area contributed by atoms with Gasteiger partial charge < -0.3 is 15.8 Å². The van der Waals surface area contributed by atoms with Crippen LogP contribution in [-0.2, 0) is 0 Å². The predicted octanol–water partition coefficient (Wildman–Crippen LogP) is 1.32. The van der Waals surface area contributed by atoms with E-state index >= 15 is 0 Å². The molecule has 1 fully saturated rings. The second kappa shape index (κ2) is 8.32. The lowest BCUT2D eigenvalue weighted by atomic mass is 10.00. The molecule has 1 aliphatic heterocycles. The maximum Gasteiger partial charge on any atom is 0.153 e. The molecule has 1 aliphatic rings. The topological polar surface area (TPSA) is 65.1 Å². The van der Waals surface area contributed by atoms with Crippen molar-refractivity contribution in [2.24, 2.45) is 10.9 Å². The molecule has 5 nitrogen and oxygen atoms in total. The third kappa shape index (κ3) is 5.23. The Morgan fingerprint density at radius 2 is 2.22 bits per heavy atom. The summed E-state index contributed by atoms with van der Waals surface area (Å²) in [6.07, 6.45) is 6.26. The van der Waals surface area contributed by atoms with Crippen LogP contribution in [0, 0.1) is 0 Å². The molecular formula is C13H28N4O. The van der Waals surface area contributed by atoms with E-state index in [1.807, 2.05) is 0 Å². The highest BCUT2D eigenvalue weighted by Gasteiger charge is 2.19. The highest BCUT2D eigenvalue weighted by Crippen LogP contribution is 2.18. The van der Waals surface area contributed by atoms with Gasteiger partial charge in [-0.25, -0.2) is 0 Å². The normalized spacial score (nSPS) is 22.6. The van der Waals surface area contributed by atoms with Crippen molar-refractivity contribution in [3.63, 3.8) is 0 Å². The third-order valence-corrected chi connectivity index (χ3v) is 3.75. The SMILES string of the molecule is CCCN(CCC1CCCCN1C)CC(N)=NO. The standard InChI is InChI=1S/C13H28N4O/c1-3-8-17(11-13(14)15-18)10-7-12-6-4-5-9-16(12)2/h12,18H,3-11H2,1-2H3,(H2,14,15). The lowest BCUT2D eigenvalue weighted by Crippen LogP contribution is -2.41. The van der Waals surface area contributed by atoms with Crippen LogP contribution in [0.3, 0.4) is 0 Å². The molecule has 5 heteroatoms. The first kappa shape index (κ1) is 15.2. The molecule has 1 rings (SSSR count). The molecule has 0 bridgehead atoms. The lowest BCUT2D eigenvalue weighted by Gasteiger charge is -2.34. The first-order chi connectivity index (χ1) is 8.67. The summed E-state index contributed by atoms with van der Waals surface area (Å²) in [5.41, 5.74) is 5.59. The van der Waals surface area contributed by atoms with Gasteiger partial charge in [-0.2, -0.15) is 0 Å². The zero-order valence-electron chi connectivity index (χ0n) is 11.8. The average Bonchev–Trinajstić information content (AvgIpc) is 2.37. The van der Waals surface area contributed by atoms with E-state index in [1.165, 1.54) is 32.2 Å².